The number of aliphatic hydroxyl groups excluding tert-OH is 1. The Balaban J connectivity index is 1.86. The number of anilines is 1. The van der Waals surface area contributed by atoms with Gasteiger partial charge >= 0.3 is 0 Å². The molecular formula is C21H26N2O3. The van der Waals surface area contributed by atoms with Crippen LogP contribution in [0.4, 0.5) is 5.69 Å². The molecule has 5 nitrogen and oxygen atoms in total. The molecule has 4 rings (SSSR count). The van der Waals surface area contributed by atoms with Crippen molar-refractivity contribution in [2.24, 2.45) is 16.7 Å². The molecule has 5 heteroatoms. The van der Waals surface area contributed by atoms with Crippen LogP contribution in [-0.4, -0.2) is 34.1 Å². The van der Waals surface area contributed by atoms with Gasteiger partial charge < -0.3 is 5.11 Å². The van der Waals surface area contributed by atoms with Gasteiger partial charge in [-0.3, -0.25) is 9.59 Å². The standard InChI is InChI=1S/C21H26N2O3/c1-13(14(2)24)18(25)23-17-12-15-10-11-21(17,20(15,3)4)19(26)22(23)16-8-6-5-7-9-16/h5-9,14-15,17,24H,1,10-12H2,2-4H3/t14-,15-,17-,21-/m1/s1. The molecule has 1 N–H and O–H groups in total. The number of benzene rings is 1. The summed E-state index contributed by atoms with van der Waals surface area (Å²) < 4.78 is 0. The number of rotatable bonds is 3. The lowest BCUT2D eigenvalue weighted by atomic mass is 9.67. The van der Waals surface area contributed by atoms with Gasteiger partial charge in [0.25, 0.3) is 11.8 Å². The highest BCUT2D eigenvalue weighted by molar-refractivity contribution is 6.08. The Kier molecular flexibility index (Phi) is 3.61. The third-order valence-corrected chi connectivity index (χ3v) is 7.21. The summed E-state index contributed by atoms with van der Waals surface area (Å²) in [5.74, 6) is 0.0809. The average Bonchev–Trinajstić information content (AvgIpc) is 3.13. The predicted octanol–water partition coefficient (Wildman–Crippen LogP) is 2.91. The maximum absolute atomic E-state index is 13.7. The fourth-order valence-corrected chi connectivity index (χ4v) is 5.56. The molecule has 2 aliphatic carbocycles. The molecule has 1 aromatic carbocycles. The first-order chi connectivity index (χ1) is 12.2. The molecule has 1 aliphatic heterocycles. The van der Waals surface area contributed by atoms with E-state index < -0.39 is 11.5 Å². The van der Waals surface area contributed by atoms with E-state index in [0.29, 0.717) is 11.6 Å². The van der Waals surface area contributed by atoms with E-state index in [-0.39, 0.29) is 28.8 Å². The van der Waals surface area contributed by atoms with Crippen molar-refractivity contribution in [1.29, 1.82) is 0 Å². The minimum absolute atomic E-state index is 0.00504. The highest BCUT2D eigenvalue weighted by atomic mass is 16.3. The average molecular weight is 354 g/mol. The molecule has 0 radical (unpaired) electrons. The molecule has 0 unspecified atom stereocenters. The van der Waals surface area contributed by atoms with E-state index in [1.807, 2.05) is 30.3 Å². The first-order valence-corrected chi connectivity index (χ1v) is 9.33. The highest BCUT2D eigenvalue weighted by Gasteiger charge is 2.75. The van der Waals surface area contributed by atoms with Gasteiger partial charge in [0.2, 0.25) is 0 Å². The number of hydrogen-bond donors (Lipinski definition) is 1. The fourth-order valence-electron chi connectivity index (χ4n) is 5.56. The second-order valence-corrected chi connectivity index (χ2v) is 8.48. The molecule has 26 heavy (non-hydrogen) atoms. The minimum Gasteiger partial charge on any atom is -0.389 e. The zero-order valence-corrected chi connectivity index (χ0v) is 15.6. The Morgan fingerprint density at radius 1 is 1.31 bits per heavy atom. The van der Waals surface area contributed by atoms with Crippen molar-refractivity contribution in [2.75, 3.05) is 5.01 Å². The molecule has 2 saturated carbocycles. The van der Waals surface area contributed by atoms with Gasteiger partial charge in [-0.05, 0) is 49.7 Å². The van der Waals surface area contributed by atoms with Gasteiger partial charge in [0.15, 0.2) is 0 Å². The lowest BCUT2D eigenvalue weighted by Gasteiger charge is -2.35. The first kappa shape index (κ1) is 17.3. The summed E-state index contributed by atoms with van der Waals surface area (Å²) in [6.45, 7) is 9.66. The quantitative estimate of drug-likeness (QED) is 0.849. The van der Waals surface area contributed by atoms with Gasteiger partial charge in [0.05, 0.1) is 23.2 Å². The van der Waals surface area contributed by atoms with Crippen molar-refractivity contribution < 1.29 is 14.7 Å². The number of hydrazine groups is 1. The van der Waals surface area contributed by atoms with Gasteiger partial charge in [0, 0.05) is 5.57 Å². The molecule has 1 heterocycles. The van der Waals surface area contributed by atoms with E-state index in [9.17, 15) is 14.7 Å². The second kappa shape index (κ2) is 5.43. The minimum atomic E-state index is -0.946. The van der Waals surface area contributed by atoms with Crippen LogP contribution < -0.4 is 5.01 Å². The lowest BCUT2D eigenvalue weighted by Crippen LogP contribution is -2.49. The normalized spacial score (nSPS) is 32.7. The number of carbonyl (C=O) groups is 2. The SMILES string of the molecule is C=C(C(=O)N1[C@@H]2C[C@H]3CC[C@@]2(C(=O)N1c1ccccc1)C3(C)C)[C@@H](C)O. The molecule has 4 atom stereocenters. The van der Waals surface area contributed by atoms with Crippen LogP contribution in [0.3, 0.4) is 0 Å². The smallest absolute Gasteiger partial charge is 0.271 e. The monoisotopic (exact) mass is 354 g/mol. The fraction of sp³-hybridized carbons (Fsp3) is 0.524. The van der Waals surface area contributed by atoms with E-state index in [1.54, 1.807) is 10.0 Å². The Labute approximate surface area is 154 Å². The lowest BCUT2D eigenvalue weighted by molar-refractivity contribution is -0.132. The van der Waals surface area contributed by atoms with E-state index >= 15 is 0 Å². The summed E-state index contributed by atoms with van der Waals surface area (Å²) in [5, 5.41) is 13.0. The number of hydrogen-bond acceptors (Lipinski definition) is 3. The molecule has 1 spiro atoms. The van der Waals surface area contributed by atoms with Gasteiger partial charge in [-0.1, -0.05) is 38.6 Å². The largest absolute Gasteiger partial charge is 0.389 e. The number of nitrogens with zero attached hydrogens (tertiary/aromatic N) is 2. The number of para-hydroxylation sites is 1. The van der Waals surface area contributed by atoms with Crippen molar-refractivity contribution in [3.05, 3.63) is 42.5 Å². The third kappa shape index (κ3) is 1.89. The third-order valence-electron chi connectivity index (χ3n) is 7.21. The van der Waals surface area contributed by atoms with E-state index in [4.69, 9.17) is 0 Å². The molecular weight excluding hydrogens is 328 g/mol. The maximum atomic E-state index is 13.7. The van der Waals surface area contributed by atoms with Crippen molar-refractivity contribution in [1.82, 2.24) is 5.01 Å². The number of amides is 2. The van der Waals surface area contributed by atoms with Crippen molar-refractivity contribution in [2.45, 2.75) is 52.2 Å². The van der Waals surface area contributed by atoms with Crippen LogP contribution in [-0.2, 0) is 9.59 Å². The van der Waals surface area contributed by atoms with Gasteiger partial charge in [-0.25, -0.2) is 10.0 Å². The second-order valence-electron chi connectivity index (χ2n) is 8.48. The van der Waals surface area contributed by atoms with Crippen molar-refractivity contribution in [3.63, 3.8) is 0 Å². The number of aliphatic hydroxyl groups is 1. The first-order valence-electron chi connectivity index (χ1n) is 9.33. The van der Waals surface area contributed by atoms with Crippen LogP contribution in [0, 0.1) is 16.7 Å². The topological polar surface area (TPSA) is 60.9 Å². The summed E-state index contributed by atoms with van der Waals surface area (Å²) in [4.78, 5) is 26.9. The number of carbonyl (C=O) groups excluding carboxylic acids is 2. The van der Waals surface area contributed by atoms with Crippen LogP contribution >= 0.6 is 0 Å². The summed E-state index contributed by atoms with van der Waals surface area (Å²) in [6, 6.07) is 9.14. The van der Waals surface area contributed by atoms with Gasteiger partial charge in [-0.15, -0.1) is 0 Å². The molecule has 2 bridgehead atoms. The summed E-state index contributed by atoms with van der Waals surface area (Å²) in [7, 11) is 0. The van der Waals surface area contributed by atoms with Crippen molar-refractivity contribution >= 4 is 17.5 Å². The highest BCUT2D eigenvalue weighted by Crippen LogP contribution is 2.70. The van der Waals surface area contributed by atoms with Gasteiger partial charge in [0.1, 0.15) is 0 Å². The van der Waals surface area contributed by atoms with Crippen LogP contribution in [0.15, 0.2) is 42.5 Å². The molecule has 3 fully saturated rings. The summed E-state index contributed by atoms with van der Waals surface area (Å²) in [6.07, 6.45) is 1.71. The van der Waals surface area contributed by atoms with E-state index in [0.717, 1.165) is 19.3 Å². The molecule has 1 aromatic rings. The van der Waals surface area contributed by atoms with Crippen LogP contribution in [0.2, 0.25) is 0 Å². The Morgan fingerprint density at radius 2 is 1.96 bits per heavy atom. The predicted molar refractivity (Wildman–Crippen MR) is 98.9 cm³/mol. The van der Waals surface area contributed by atoms with Crippen LogP contribution in [0.1, 0.15) is 40.0 Å². The maximum Gasteiger partial charge on any atom is 0.271 e. The summed E-state index contributed by atoms with van der Waals surface area (Å²) >= 11 is 0. The zero-order valence-electron chi connectivity index (χ0n) is 15.6. The molecule has 1 saturated heterocycles. The van der Waals surface area contributed by atoms with Crippen LogP contribution in [0.25, 0.3) is 0 Å². The Morgan fingerprint density at radius 3 is 2.54 bits per heavy atom. The molecule has 138 valence electrons. The van der Waals surface area contributed by atoms with E-state index in [1.165, 1.54) is 6.92 Å². The van der Waals surface area contributed by atoms with Gasteiger partial charge in [-0.2, -0.15) is 0 Å². The zero-order chi connectivity index (χ0) is 18.9. The van der Waals surface area contributed by atoms with Crippen LogP contribution in [0.5, 0.6) is 0 Å². The Bertz CT molecular complexity index is 786. The molecule has 0 aromatic heterocycles. The summed E-state index contributed by atoms with van der Waals surface area (Å²) in [5.41, 5.74) is 0.106. The molecule has 3 aliphatic rings. The van der Waals surface area contributed by atoms with Crippen molar-refractivity contribution in [3.8, 4) is 0 Å². The number of fused-ring (bicyclic) bond motifs is 1. The Hall–Kier alpha value is -2.14. The molecule has 2 amide bonds. The van der Waals surface area contributed by atoms with E-state index in [2.05, 4.69) is 20.4 Å².